The van der Waals surface area contributed by atoms with Crippen molar-refractivity contribution in [3.63, 3.8) is 0 Å². The van der Waals surface area contributed by atoms with Gasteiger partial charge in [0.25, 0.3) is 0 Å². The Labute approximate surface area is 195 Å². The fourth-order valence-corrected chi connectivity index (χ4v) is 5.65. The number of fused-ring (bicyclic) bond motifs is 2. The largest absolute Gasteiger partial charge is 0.497 e. The van der Waals surface area contributed by atoms with Crippen molar-refractivity contribution in [2.75, 3.05) is 26.9 Å². The Morgan fingerprint density at radius 3 is 2.61 bits per heavy atom. The summed E-state index contributed by atoms with van der Waals surface area (Å²) in [7, 11) is -2.05. The third kappa shape index (κ3) is 4.26. The number of aromatic nitrogens is 3. The van der Waals surface area contributed by atoms with Gasteiger partial charge in [-0.25, -0.2) is 17.7 Å². The van der Waals surface area contributed by atoms with E-state index in [4.69, 9.17) is 14.2 Å². The first-order chi connectivity index (χ1) is 15.9. The third-order valence-corrected chi connectivity index (χ3v) is 7.98. The molecule has 0 unspecified atom stereocenters. The lowest BCUT2D eigenvalue weighted by Crippen LogP contribution is -2.26. The van der Waals surface area contributed by atoms with Gasteiger partial charge in [-0.3, -0.25) is 0 Å². The van der Waals surface area contributed by atoms with Gasteiger partial charge in [0.05, 0.1) is 17.7 Å². The summed E-state index contributed by atoms with van der Waals surface area (Å²) in [4.78, 5) is 6.57. The van der Waals surface area contributed by atoms with E-state index in [-0.39, 0.29) is 11.4 Å². The molecule has 3 heterocycles. The van der Waals surface area contributed by atoms with Gasteiger partial charge in [-0.15, -0.1) is 5.10 Å². The lowest BCUT2D eigenvalue weighted by atomic mass is 10.2. The average Bonchev–Trinajstić information content (AvgIpc) is 3.38. The standard InChI is InChI=1S/C22H22N4O5S2/c1-14-20(32-22-24-21(25-26(14)22)15-3-5-16(29-2)6-4-15)9-10-23-33(27,28)17-7-8-18-19(13-17)31-12-11-30-18/h3-8,13,23H,9-12H2,1-2H3. The average molecular weight is 487 g/mol. The smallest absolute Gasteiger partial charge is 0.240 e. The highest BCUT2D eigenvalue weighted by Gasteiger charge is 2.20. The molecule has 2 aromatic heterocycles. The molecule has 5 rings (SSSR count). The Balaban J connectivity index is 1.27. The Kier molecular flexibility index (Phi) is 5.69. The fraction of sp³-hybridized carbons (Fsp3) is 0.273. The lowest BCUT2D eigenvalue weighted by Gasteiger charge is -2.18. The molecule has 0 spiro atoms. The number of hydrogen-bond acceptors (Lipinski definition) is 8. The maximum atomic E-state index is 12.7. The number of ether oxygens (including phenoxy) is 3. The predicted molar refractivity (Wildman–Crippen MR) is 124 cm³/mol. The van der Waals surface area contributed by atoms with E-state index in [1.807, 2.05) is 31.2 Å². The first-order valence-electron chi connectivity index (χ1n) is 10.3. The maximum absolute atomic E-state index is 12.7. The number of methoxy groups -OCH3 is 1. The topological polar surface area (TPSA) is 104 Å². The Hall–Kier alpha value is -3.15. The van der Waals surface area contributed by atoms with Gasteiger partial charge in [-0.2, -0.15) is 4.98 Å². The van der Waals surface area contributed by atoms with E-state index in [2.05, 4.69) is 14.8 Å². The van der Waals surface area contributed by atoms with Crippen LogP contribution in [0.3, 0.4) is 0 Å². The summed E-state index contributed by atoms with van der Waals surface area (Å²) in [6.45, 7) is 3.07. The highest BCUT2D eigenvalue weighted by molar-refractivity contribution is 7.89. The second-order valence-corrected chi connectivity index (χ2v) is 10.3. The van der Waals surface area contributed by atoms with Crippen molar-refractivity contribution < 1.29 is 22.6 Å². The molecule has 0 bridgehead atoms. The van der Waals surface area contributed by atoms with Crippen LogP contribution in [0, 0.1) is 6.92 Å². The number of thiazole rings is 1. The number of sulfonamides is 1. The van der Waals surface area contributed by atoms with E-state index in [1.54, 1.807) is 17.7 Å². The molecule has 1 aliphatic rings. The van der Waals surface area contributed by atoms with E-state index >= 15 is 0 Å². The molecule has 11 heteroatoms. The number of rotatable bonds is 7. The second kappa shape index (κ2) is 8.65. The molecule has 2 aromatic carbocycles. The molecule has 4 aromatic rings. The first kappa shape index (κ1) is 21.7. The molecule has 0 saturated carbocycles. The first-order valence-corrected chi connectivity index (χ1v) is 12.6. The van der Waals surface area contributed by atoms with Crippen LogP contribution in [-0.4, -0.2) is 49.9 Å². The Morgan fingerprint density at radius 2 is 1.88 bits per heavy atom. The van der Waals surface area contributed by atoms with Crippen LogP contribution in [0.25, 0.3) is 16.3 Å². The Morgan fingerprint density at radius 1 is 1.12 bits per heavy atom. The number of benzene rings is 2. The molecule has 1 aliphatic heterocycles. The van der Waals surface area contributed by atoms with Crippen LogP contribution in [0.5, 0.6) is 17.2 Å². The Bertz CT molecular complexity index is 1410. The van der Waals surface area contributed by atoms with Crippen molar-refractivity contribution in [3.8, 4) is 28.6 Å². The molecule has 33 heavy (non-hydrogen) atoms. The predicted octanol–water partition coefficient (Wildman–Crippen LogP) is 3.07. The van der Waals surface area contributed by atoms with Crippen molar-refractivity contribution in [1.82, 2.24) is 19.3 Å². The minimum absolute atomic E-state index is 0.148. The van der Waals surface area contributed by atoms with Gasteiger partial charge in [-0.1, -0.05) is 11.3 Å². The van der Waals surface area contributed by atoms with Crippen LogP contribution < -0.4 is 18.9 Å². The SMILES string of the molecule is COc1ccc(-c2nc3sc(CCNS(=O)(=O)c4ccc5c(c4)OCCO5)c(C)n3n2)cc1. The van der Waals surface area contributed by atoms with Gasteiger partial charge in [0.15, 0.2) is 17.3 Å². The van der Waals surface area contributed by atoms with E-state index in [0.717, 1.165) is 26.8 Å². The molecule has 0 atom stereocenters. The molecule has 0 fully saturated rings. The summed E-state index contributed by atoms with van der Waals surface area (Å²) in [5.74, 6) is 2.41. The summed E-state index contributed by atoms with van der Waals surface area (Å²) in [6, 6.07) is 12.2. The zero-order chi connectivity index (χ0) is 23.0. The number of nitrogens with one attached hydrogen (secondary N) is 1. The van der Waals surface area contributed by atoms with E-state index < -0.39 is 10.0 Å². The van der Waals surface area contributed by atoms with Gasteiger partial charge in [-0.05, 0) is 49.7 Å². The fourth-order valence-electron chi connectivity index (χ4n) is 3.55. The van der Waals surface area contributed by atoms with Crippen molar-refractivity contribution >= 4 is 26.3 Å². The number of hydrogen-bond donors (Lipinski definition) is 1. The maximum Gasteiger partial charge on any atom is 0.240 e. The van der Waals surface area contributed by atoms with Gasteiger partial charge >= 0.3 is 0 Å². The third-order valence-electron chi connectivity index (χ3n) is 5.33. The highest BCUT2D eigenvalue weighted by atomic mass is 32.2. The minimum Gasteiger partial charge on any atom is -0.497 e. The quantitative estimate of drug-likeness (QED) is 0.428. The molecule has 0 saturated heterocycles. The second-order valence-electron chi connectivity index (χ2n) is 7.42. The van der Waals surface area contributed by atoms with Crippen LogP contribution in [0.1, 0.15) is 10.6 Å². The number of aryl methyl sites for hydroxylation is 1. The molecule has 0 aliphatic carbocycles. The highest BCUT2D eigenvalue weighted by Crippen LogP contribution is 2.32. The monoisotopic (exact) mass is 486 g/mol. The van der Waals surface area contributed by atoms with E-state index in [9.17, 15) is 8.42 Å². The van der Waals surface area contributed by atoms with Crippen LogP contribution >= 0.6 is 11.3 Å². The van der Waals surface area contributed by atoms with Gasteiger partial charge in [0.2, 0.25) is 15.0 Å². The molecule has 9 nitrogen and oxygen atoms in total. The van der Waals surface area contributed by atoms with Gasteiger partial charge < -0.3 is 14.2 Å². The van der Waals surface area contributed by atoms with Crippen LogP contribution in [-0.2, 0) is 16.4 Å². The van der Waals surface area contributed by atoms with E-state index in [0.29, 0.717) is 37.0 Å². The molecule has 172 valence electrons. The summed E-state index contributed by atoms with van der Waals surface area (Å²) in [6.07, 6.45) is 0.531. The summed E-state index contributed by atoms with van der Waals surface area (Å²) in [5, 5.41) is 4.61. The zero-order valence-corrected chi connectivity index (χ0v) is 19.7. The molecule has 0 radical (unpaired) electrons. The molecular formula is C22H22N4O5S2. The molecule has 1 N–H and O–H groups in total. The minimum atomic E-state index is -3.67. The zero-order valence-electron chi connectivity index (χ0n) is 18.1. The van der Waals surface area contributed by atoms with Crippen molar-refractivity contribution in [2.24, 2.45) is 0 Å². The van der Waals surface area contributed by atoms with Crippen molar-refractivity contribution in [2.45, 2.75) is 18.2 Å². The normalized spacial score (nSPS) is 13.4. The number of nitrogens with zero attached hydrogens (tertiary/aromatic N) is 3. The van der Waals surface area contributed by atoms with Gasteiger partial charge in [0, 0.05) is 23.1 Å². The van der Waals surface area contributed by atoms with Crippen molar-refractivity contribution in [3.05, 3.63) is 53.0 Å². The van der Waals surface area contributed by atoms with Crippen molar-refractivity contribution in [1.29, 1.82) is 0 Å². The van der Waals surface area contributed by atoms with Gasteiger partial charge in [0.1, 0.15) is 19.0 Å². The summed E-state index contributed by atoms with van der Waals surface area (Å²) >= 11 is 1.51. The van der Waals surface area contributed by atoms with Crippen LogP contribution in [0.2, 0.25) is 0 Å². The molecule has 0 amide bonds. The summed E-state index contributed by atoms with van der Waals surface area (Å²) < 4.78 is 46.0. The lowest BCUT2D eigenvalue weighted by molar-refractivity contribution is 0.171. The van der Waals surface area contributed by atoms with Crippen LogP contribution in [0.4, 0.5) is 0 Å². The van der Waals surface area contributed by atoms with E-state index in [1.165, 1.54) is 23.5 Å². The summed E-state index contributed by atoms with van der Waals surface area (Å²) in [5.41, 5.74) is 1.85. The molecular weight excluding hydrogens is 464 g/mol. The van der Waals surface area contributed by atoms with Crippen LogP contribution in [0.15, 0.2) is 47.4 Å².